The van der Waals surface area contributed by atoms with Crippen molar-refractivity contribution >= 4 is 50.9 Å². The molecule has 0 saturated carbocycles. The van der Waals surface area contributed by atoms with E-state index in [0.717, 1.165) is 55.3 Å². The molecule has 3 aromatic carbocycles. The van der Waals surface area contributed by atoms with Gasteiger partial charge in [0.05, 0.1) is 10.5 Å². The molecule has 7 rings (SSSR count). The van der Waals surface area contributed by atoms with Gasteiger partial charge in [-0.15, -0.1) is 0 Å². The molecular weight excluding hydrogens is 766 g/mol. The molecule has 0 aliphatic carbocycles. The van der Waals surface area contributed by atoms with Crippen LogP contribution in [-0.4, -0.2) is 102 Å². The summed E-state index contributed by atoms with van der Waals surface area (Å²) in [5, 5.41) is 8.71. The van der Waals surface area contributed by atoms with Gasteiger partial charge in [0.15, 0.2) is 0 Å². The Hall–Kier alpha value is -5.49. The molecule has 4 aromatic rings. The van der Waals surface area contributed by atoms with Crippen LogP contribution in [0.5, 0.6) is 5.75 Å². The van der Waals surface area contributed by atoms with E-state index in [4.69, 9.17) is 4.74 Å². The number of sulfonamides is 1. The average Bonchev–Trinajstić information content (AvgIpc) is 3.49. The van der Waals surface area contributed by atoms with Gasteiger partial charge in [0, 0.05) is 80.9 Å². The Kier molecular flexibility index (Phi) is 11.8. The lowest BCUT2D eigenvalue weighted by Gasteiger charge is -2.34. The molecule has 2 fully saturated rings. The molecule has 0 bridgehead atoms. The van der Waals surface area contributed by atoms with Crippen LogP contribution in [0.4, 0.5) is 27.5 Å². The van der Waals surface area contributed by atoms with Crippen molar-refractivity contribution in [3.63, 3.8) is 0 Å². The lowest BCUT2D eigenvalue weighted by molar-refractivity contribution is -0.136. The van der Waals surface area contributed by atoms with Crippen molar-refractivity contribution in [2.45, 2.75) is 70.1 Å². The van der Waals surface area contributed by atoms with Crippen molar-refractivity contribution in [1.82, 2.24) is 34.7 Å². The zero-order valence-corrected chi connectivity index (χ0v) is 33.8. The van der Waals surface area contributed by atoms with E-state index in [2.05, 4.69) is 40.4 Å². The number of hydrogen-bond donors (Lipinski definition) is 4. The van der Waals surface area contributed by atoms with Crippen LogP contribution in [0.25, 0.3) is 0 Å². The molecule has 0 spiro atoms. The lowest BCUT2D eigenvalue weighted by atomic mass is 10.0. The summed E-state index contributed by atoms with van der Waals surface area (Å²) in [5.41, 5.74) is 2.86. The van der Waals surface area contributed by atoms with E-state index in [-0.39, 0.29) is 35.8 Å². The molecule has 2 saturated heterocycles. The van der Waals surface area contributed by atoms with Crippen LogP contribution >= 0.6 is 0 Å². The van der Waals surface area contributed by atoms with Gasteiger partial charge in [0.1, 0.15) is 30.0 Å². The maximum absolute atomic E-state index is 15.2. The first-order chi connectivity index (χ1) is 27.6. The van der Waals surface area contributed by atoms with Crippen molar-refractivity contribution in [3.8, 4) is 5.75 Å². The monoisotopic (exact) mass is 813 g/mol. The van der Waals surface area contributed by atoms with Gasteiger partial charge in [0.2, 0.25) is 27.8 Å². The number of anilines is 4. The van der Waals surface area contributed by atoms with E-state index in [1.165, 1.54) is 11.0 Å². The van der Waals surface area contributed by atoms with E-state index in [9.17, 15) is 22.8 Å². The number of fused-ring (bicyclic) bond motifs is 1. The lowest BCUT2D eigenvalue weighted by Crippen LogP contribution is -2.52. The minimum Gasteiger partial charge on any atom is -0.492 e. The summed E-state index contributed by atoms with van der Waals surface area (Å²) < 4.78 is 49.7. The van der Waals surface area contributed by atoms with Crippen LogP contribution in [-0.2, 0) is 32.7 Å². The van der Waals surface area contributed by atoms with E-state index in [0.29, 0.717) is 36.2 Å². The summed E-state index contributed by atoms with van der Waals surface area (Å²) in [4.78, 5) is 52.1. The first-order valence-corrected chi connectivity index (χ1v) is 20.7. The Morgan fingerprint density at radius 2 is 1.69 bits per heavy atom. The van der Waals surface area contributed by atoms with E-state index in [1.54, 1.807) is 51.2 Å². The number of nitrogens with one attached hydrogen (secondary N) is 4. The molecule has 1 unspecified atom stereocenters. The van der Waals surface area contributed by atoms with E-state index >= 15 is 4.39 Å². The molecular formula is C41H48FN9O6S. The van der Waals surface area contributed by atoms with E-state index in [1.807, 2.05) is 37.3 Å². The molecule has 15 nitrogen and oxygen atoms in total. The number of halogens is 1. The van der Waals surface area contributed by atoms with Gasteiger partial charge in [0.25, 0.3) is 5.91 Å². The second kappa shape index (κ2) is 16.8. The fourth-order valence-electron chi connectivity index (χ4n) is 7.27. The average molecular weight is 814 g/mol. The highest BCUT2D eigenvalue weighted by molar-refractivity contribution is 7.89. The van der Waals surface area contributed by atoms with Crippen LogP contribution in [0.3, 0.4) is 0 Å². The number of nitrogens with zero attached hydrogens (tertiary/aromatic N) is 5. The van der Waals surface area contributed by atoms with Gasteiger partial charge in [-0.25, -0.2) is 22.5 Å². The standard InChI is InChI=1S/C41H48FN9O6S/c1-26-23-43-40(47-37(26)44-30-6-5-7-32(22-30)58(55,56)48-41(2,3)4)45-29-8-10-31(11-9-29)57-19-18-49-14-16-50(17-15-49)24-27-20-28-25-51(39(54)36(28)33(42)21-27)34-12-13-35(52)46-38(34)53/h5-11,20-23,34,48H,12-19,24-25H2,1-4H3,(H,46,52,53)(H2,43,44,45,47). The Labute approximate surface area is 337 Å². The van der Waals surface area contributed by atoms with Crippen LogP contribution in [0, 0.1) is 12.7 Å². The van der Waals surface area contributed by atoms with Crippen LogP contribution in [0.1, 0.15) is 60.7 Å². The molecule has 4 heterocycles. The zero-order chi connectivity index (χ0) is 41.2. The third kappa shape index (κ3) is 9.78. The Bertz CT molecular complexity index is 2310. The minimum absolute atomic E-state index is 0.0120. The summed E-state index contributed by atoms with van der Waals surface area (Å²) >= 11 is 0. The number of ether oxygens (including phenoxy) is 1. The molecule has 58 heavy (non-hydrogen) atoms. The van der Waals surface area contributed by atoms with E-state index < -0.39 is 39.2 Å². The summed E-state index contributed by atoms with van der Waals surface area (Å²) in [7, 11) is -3.71. The molecule has 1 aromatic heterocycles. The predicted octanol–water partition coefficient (Wildman–Crippen LogP) is 4.45. The van der Waals surface area contributed by atoms with Gasteiger partial charge in [-0.2, -0.15) is 4.98 Å². The molecule has 4 N–H and O–H groups in total. The van der Waals surface area contributed by atoms with Crippen molar-refractivity contribution in [2.75, 3.05) is 50.0 Å². The number of imide groups is 1. The normalized spacial score (nSPS) is 17.9. The maximum Gasteiger partial charge on any atom is 0.258 e. The third-order valence-corrected chi connectivity index (χ3v) is 11.9. The summed E-state index contributed by atoms with van der Waals surface area (Å²) in [6.45, 7) is 12.4. The van der Waals surface area contributed by atoms with Crippen molar-refractivity contribution < 1.29 is 31.9 Å². The number of amides is 3. The number of piperazine rings is 1. The molecule has 17 heteroatoms. The number of benzene rings is 3. The minimum atomic E-state index is -3.71. The Morgan fingerprint density at radius 1 is 0.948 bits per heavy atom. The van der Waals surface area contributed by atoms with Crippen LogP contribution in [0.2, 0.25) is 0 Å². The summed E-state index contributed by atoms with van der Waals surface area (Å²) in [6, 6.07) is 16.6. The summed E-state index contributed by atoms with van der Waals surface area (Å²) in [6.07, 6.45) is 2.07. The Balaban J connectivity index is 0.856. The molecule has 1 atom stereocenters. The highest BCUT2D eigenvalue weighted by Gasteiger charge is 2.40. The van der Waals surface area contributed by atoms with Crippen molar-refractivity contribution in [3.05, 3.63) is 94.9 Å². The van der Waals surface area contributed by atoms with Gasteiger partial charge < -0.3 is 20.3 Å². The van der Waals surface area contributed by atoms with Crippen molar-refractivity contribution in [1.29, 1.82) is 0 Å². The maximum atomic E-state index is 15.2. The Morgan fingerprint density at radius 3 is 2.41 bits per heavy atom. The second-order valence-electron chi connectivity index (χ2n) is 15.9. The smallest absolute Gasteiger partial charge is 0.258 e. The second-order valence-corrected chi connectivity index (χ2v) is 17.5. The number of carbonyl (C=O) groups is 3. The molecule has 306 valence electrons. The van der Waals surface area contributed by atoms with Crippen molar-refractivity contribution in [2.24, 2.45) is 0 Å². The molecule has 3 amide bonds. The van der Waals surface area contributed by atoms with Gasteiger partial charge in [-0.05, 0) is 93.8 Å². The number of aromatic nitrogens is 2. The van der Waals surface area contributed by atoms with Crippen LogP contribution < -0.4 is 25.4 Å². The molecule has 3 aliphatic heterocycles. The number of carbonyl (C=O) groups excluding carboxylic acids is 3. The number of rotatable bonds is 13. The largest absolute Gasteiger partial charge is 0.492 e. The van der Waals surface area contributed by atoms with Gasteiger partial charge in [-0.3, -0.25) is 29.5 Å². The summed E-state index contributed by atoms with van der Waals surface area (Å²) in [5.74, 6) is -0.344. The molecule has 3 aliphatic rings. The zero-order valence-electron chi connectivity index (χ0n) is 33.0. The predicted molar refractivity (Wildman–Crippen MR) is 216 cm³/mol. The quantitative estimate of drug-likeness (QED) is 0.140. The van der Waals surface area contributed by atoms with Crippen LogP contribution in [0.15, 0.2) is 71.8 Å². The number of hydrogen-bond acceptors (Lipinski definition) is 12. The molecule has 0 radical (unpaired) electrons. The highest BCUT2D eigenvalue weighted by atomic mass is 32.2. The van der Waals surface area contributed by atoms with Gasteiger partial charge in [-0.1, -0.05) is 12.1 Å². The fraction of sp³-hybridized carbons (Fsp3) is 0.390. The highest BCUT2D eigenvalue weighted by Crippen LogP contribution is 2.31. The first-order valence-electron chi connectivity index (χ1n) is 19.3. The van der Waals surface area contributed by atoms with Gasteiger partial charge >= 0.3 is 0 Å². The topological polar surface area (TPSA) is 178 Å². The number of aryl methyl sites for hydroxylation is 1. The fourth-order valence-corrected chi connectivity index (χ4v) is 8.73. The third-order valence-electron chi connectivity index (χ3n) is 10.1. The number of piperidine rings is 1. The SMILES string of the molecule is Cc1cnc(Nc2ccc(OCCN3CCN(Cc4cc(F)c5c(c4)CN(C4CCC(=O)NC4=O)C5=O)CC3)cc2)nc1Nc1cccc(S(=O)(=O)NC(C)(C)C)c1. The first kappa shape index (κ1) is 40.7.